The van der Waals surface area contributed by atoms with E-state index in [1.54, 1.807) is 26.9 Å². The normalized spacial score (nSPS) is 25.5. The van der Waals surface area contributed by atoms with Crippen molar-refractivity contribution in [1.82, 2.24) is 0 Å². The number of ether oxygens (including phenoxy) is 4. The molecule has 0 bridgehead atoms. The van der Waals surface area contributed by atoms with Gasteiger partial charge in [0.05, 0.1) is 32.5 Å². The summed E-state index contributed by atoms with van der Waals surface area (Å²) in [6, 6.07) is 30.3. The van der Waals surface area contributed by atoms with Crippen molar-refractivity contribution < 1.29 is 24.1 Å². The van der Waals surface area contributed by atoms with Crippen LogP contribution in [0.1, 0.15) is 98.4 Å². The lowest BCUT2D eigenvalue weighted by Gasteiger charge is -2.52. The van der Waals surface area contributed by atoms with Gasteiger partial charge in [0.15, 0.2) is 0 Å². The number of halogens is 1. The van der Waals surface area contributed by atoms with Crippen molar-refractivity contribution in [2.75, 3.05) is 21.3 Å². The number of hydrogen-bond donors (Lipinski definition) is 1. The van der Waals surface area contributed by atoms with Crippen LogP contribution in [0.25, 0.3) is 10.6 Å². The van der Waals surface area contributed by atoms with E-state index in [1.807, 2.05) is 72.8 Å². The summed E-state index contributed by atoms with van der Waals surface area (Å²) in [7, 11) is 4.95. The van der Waals surface area contributed by atoms with E-state index in [4.69, 9.17) is 37.0 Å². The molecule has 4 aliphatic carbocycles. The Morgan fingerprint density at radius 2 is 1.24 bits per heavy atom. The van der Waals surface area contributed by atoms with Crippen molar-refractivity contribution in [2.24, 2.45) is 17.3 Å². The molecule has 4 aromatic carbocycles. The minimum atomic E-state index is -0.901. The Labute approximate surface area is 326 Å². The highest BCUT2D eigenvalue weighted by Crippen LogP contribution is 2.64. The predicted molar refractivity (Wildman–Crippen MR) is 218 cm³/mol. The lowest BCUT2D eigenvalue weighted by atomic mass is 9.53. The largest absolute Gasteiger partial charge is 0.497 e. The number of benzene rings is 4. The molecule has 0 radical (unpaired) electrons. The molecule has 0 aliphatic heterocycles. The highest BCUT2D eigenvalue weighted by molar-refractivity contribution is 6.53. The SMILES string of the molecule is C#C[C@]1(O)CC[C@H]2[C@@H]3CCc4cc(OC5CCCC5)ccc4[C@H]3CC[C@@]21C.COc1ccc(C(Cl)=C(c2ccc(OC)cc2)c2ccc(OC)cc2)cc1. The highest BCUT2D eigenvalue weighted by Gasteiger charge is 2.61. The molecule has 0 saturated heterocycles. The number of aliphatic hydroxyl groups is 1. The first-order valence-electron chi connectivity index (χ1n) is 19.5. The molecule has 3 fully saturated rings. The molecule has 1 N–H and O–H groups in total. The average Bonchev–Trinajstić information content (AvgIpc) is 3.83. The molecule has 6 heteroatoms. The molecule has 4 aromatic rings. The van der Waals surface area contributed by atoms with E-state index in [9.17, 15) is 5.11 Å². The summed E-state index contributed by atoms with van der Waals surface area (Å²) in [6.07, 6.45) is 17.6. The maximum Gasteiger partial charge on any atom is 0.130 e. The topological polar surface area (TPSA) is 57.2 Å². The predicted octanol–water partition coefficient (Wildman–Crippen LogP) is 11.1. The van der Waals surface area contributed by atoms with Crippen molar-refractivity contribution in [1.29, 1.82) is 0 Å². The maximum absolute atomic E-state index is 11.1. The first-order chi connectivity index (χ1) is 26.2. The number of methoxy groups -OCH3 is 3. The summed E-state index contributed by atoms with van der Waals surface area (Å²) < 4.78 is 22.0. The van der Waals surface area contributed by atoms with Gasteiger partial charge in [0, 0.05) is 11.0 Å². The Hall–Kier alpha value is -4.37. The highest BCUT2D eigenvalue weighted by atomic mass is 35.5. The van der Waals surface area contributed by atoms with Crippen LogP contribution in [0.15, 0.2) is 91.0 Å². The summed E-state index contributed by atoms with van der Waals surface area (Å²) in [5.74, 6) is 8.09. The van der Waals surface area contributed by atoms with E-state index in [-0.39, 0.29) is 5.41 Å². The number of terminal acetylenes is 1. The first-order valence-corrected chi connectivity index (χ1v) is 19.9. The zero-order valence-corrected chi connectivity index (χ0v) is 32.8. The zero-order chi connectivity index (χ0) is 37.9. The zero-order valence-electron chi connectivity index (χ0n) is 32.1. The molecule has 5 atom stereocenters. The van der Waals surface area contributed by atoms with Gasteiger partial charge in [0.2, 0.25) is 0 Å². The summed E-state index contributed by atoms with van der Waals surface area (Å²) in [5.41, 5.74) is 5.90. The Balaban J connectivity index is 0.000000167. The van der Waals surface area contributed by atoms with Crippen LogP contribution in [0.2, 0.25) is 0 Å². The van der Waals surface area contributed by atoms with E-state index in [0.29, 0.717) is 28.9 Å². The monoisotopic (exact) mass is 744 g/mol. The van der Waals surface area contributed by atoms with Crippen LogP contribution >= 0.6 is 11.6 Å². The second kappa shape index (κ2) is 16.2. The lowest BCUT2D eigenvalue weighted by Crippen LogP contribution is -2.50. The summed E-state index contributed by atoms with van der Waals surface area (Å²) in [5, 5.41) is 11.7. The van der Waals surface area contributed by atoms with Gasteiger partial charge in [-0.3, -0.25) is 0 Å². The molecule has 3 saturated carbocycles. The van der Waals surface area contributed by atoms with Crippen LogP contribution < -0.4 is 18.9 Å². The molecular weight excluding hydrogens is 692 g/mol. The fourth-order valence-electron chi connectivity index (χ4n) is 9.90. The van der Waals surface area contributed by atoms with E-state index in [2.05, 4.69) is 31.0 Å². The molecule has 0 aromatic heterocycles. The number of rotatable bonds is 8. The number of hydrogen-bond acceptors (Lipinski definition) is 5. The third-order valence-corrected chi connectivity index (χ3v) is 13.4. The van der Waals surface area contributed by atoms with Crippen LogP contribution in [-0.2, 0) is 6.42 Å². The number of fused-ring (bicyclic) bond motifs is 5. The van der Waals surface area contributed by atoms with Crippen LogP contribution in [0.5, 0.6) is 23.0 Å². The molecule has 5 nitrogen and oxygen atoms in total. The minimum Gasteiger partial charge on any atom is -0.497 e. The quantitative estimate of drug-likeness (QED) is 0.144. The summed E-state index contributed by atoms with van der Waals surface area (Å²) >= 11 is 6.86. The fraction of sp³-hybridized carbons (Fsp3) is 0.417. The van der Waals surface area contributed by atoms with Crippen molar-refractivity contribution in [3.05, 3.63) is 119 Å². The molecule has 54 heavy (non-hydrogen) atoms. The van der Waals surface area contributed by atoms with Gasteiger partial charge in [-0.25, -0.2) is 0 Å². The molecular formula is C48H53ClO5. The van der Waals surface area contributed by atoms with Crippen molar-refractivity contribution in [2.45, 2.75) is 88.8 Å². The van der Waals surface area contributed by atoms with Crippen LogP contribution in [0.3, 0.4) is 0 Å². The van der Waals surface area contributed by atoms with Crippen LogP contribution in [-0.4, -0.2) is 38.1 Å². The van der Waals surface area contributed by atoms with Gasteiger partial charge in [-0.1, -0.05) is 54.8 Å². The Morgan fingerprint density at radius 1 is 0.704 bits per heavy atom. The molecule has 8 rings (SSSR count). The standard InChI is InChI=1S/C25H32O2.C23H21ClO3/c1-3-25(26)15-13-23-22-10-8-17-16-19(27-18-6-4-5-7-18)9-11-20(17)21(22)12-14-24(23,25)2;1-25-19-10-4-16(5-11-19)22(17-6-12-20(26-2)13-7-17)23(24)18-8-14-21(27-3)15-9-18/h1,9,11,16,18,21-23,26H,4-8,10,12-15H2,2H3;4-15H,1-3H3/t21-,22-,23+,24+,25+;/m1./s1. The van der Waals surface area contributed by atoms with Gasteiger partial charge in [0.1, 0.15) is 28.6 Å². The second-order valence-corrected chi connectivity index (χ2v) is 16.1. The number of aryl methyl sites for hydroxylation is 1. The fourth-order valence-corrected chi connectivity index (χ4v) is 10.2. The Kier molecular flexibility index (Phi) is 11.3. The summed E-state index contributed by atoms with van der Waals surface area (Å²) in [4.78, 5) is 0. The molecule has 0 unspecified atom stereocenters. The van der Waals surface area contributed by atoms with E-state index in [1.165, 1.54) is 37.7 Å². The third-order valence-electron chi connectivity index (χ3n) is 13.0. The van der Waals surface area contributed by atoms with Gasteiger partial charge in [-0.15, -0.1) is 6.42 Å². The molecule has 0 heterocycles. The summed E-state index contributed by atoms with van der Waals surface area (Å²) in [6.45, 7) is 2.26. The minimum absolute atomic E-state index is 0.105. The first kappa shape index (κ1) is 37.9. The lowest BCUT2D eigenvalue weighted by molar-refractivity contribution is -0.0647. The average molecular weight is 745 g/mol. The van der Waals surface area contributed by atoms with Crippen molar-refractivity contribution in [3.63, 3.8) is 0 Å². The Morgan fingerprint density at radius 3 is 1.78 bits per heavy atom. The van der Waals surface area contributed by atoms with Gasteiger partial charge in [0.25, 0.3) is 0 Å². The third kappa shape index (κ3) is 7.36. The van der Waals surface area contributed by atoms with E-state index < -0.39 is 5.60 Å². The maximum atomic E-state index is 11.1. The smallest absolute Gasteiger partial charge is 0.130 e. The van der Waals surface area contributed by atoms with E-state index >= 15 is 0 Å². The Bertz CT molecular complexity index is 1920. The second-order valence-electron chi connectivity index (χ2n) is 15.7. The molecule has 0 spiro atoms. The van der Waals surface area contributed by atoms with Gasteiger partial charge in [-0.05, 0) is 170 Å². The van der Waals surface area contributed by atoms with E-state index in [0.717, 1.165) is 77.4 Å². The molecule has 4 aliphatic rings. The van der Waals surface area contributed by atoms with Crippen LogP contribution in [0.4, 0.5) is 0 Å². The molecule has 282 valence electrons. The van der Waals surface area contributed by atoms with Gasteiger partial charge < -0.3 is 24.1 Å². The van der Waals surface area contributed by atoms with Crippen molar-refractivity contribution >= 4 is 22.2 Å². The molecule has 0 amide bonds. The van der Waals surface area contributed by atoms with Crippen molar-refractivity contribution in [3.8, 4) is 35.3 Å². The van der Waals surface area contributed by atoms with Gasteiger partial charge >= 0.3 is 0 Å². The van der Waals surface area contributed by atoms with Crippen LogP contribution in [0, 0.1) is 29.6 Å². The van der Waals surface area contributed by atoms with Gasteiger partial charge in [-0.2, -0.15) is 0 Å².